The Morgan fingerprint density at radius 2 is 1.84 bits per heavy atom. The third-order valence-corrected chi connectivity index (χ3v) is 5.77. The number of carbonyl (C=O) groups excluding carboxylic acids is 2. The molecule has 0 unspecified atom stereocenters. The minimum absolute atomic E-state index is 0.0128. The van der Waals surface area contributed by atoms with Crippen molar-refractivity contribution >= 4 is 29.1 Å². The molecular weight excluding hydrogens is 510 g/mol. The number of halogens is 4. The second-order valence-corrected chi connectivity index (χ2v) is 8.42. The van der Waals surface area contributed by atoms with Gasteiger partial charge in [-0.1, -0.05) is 0 Å². The molecule has 4 N–H and O–H groups in total. The fourth-order valence-corrected chi connectivity index (χ4v) is 3.72. The van der Waals surface area contributed by atoms with Crippen LogP contribution in [0.25, 0.3) is 0 Å². The van der Waals surface area contributed by atoms with E-state index in [0.29, 0.717) is 17.7 Å². The summed E-state index contributed by atoms with van der Waals surface area (Å²) in [5, 5.41) is 10.7. The highest BCUT2D eigenvalue weighted by Crippen LogP contribution is 2.36. The number of aromatic nitrogens is 3. The molecule has 3 heterocycles. The monoisotopic (exact) mass is 533 g/mol. The number of ether oxygens (including phenoxy) is 1. The molecule has 2 amide bonds. The zero-order chi connectivity index (χ0) is 27.3. The molecule has 1 fully saturated rings. The van der Waals surface area contributed by atoms with Crippen molar-refractivity contribution in [3.8, 4) is 0 Å². The van der Waals surface area contributed by atoms with Crippen LogP contribution in [0.3, 0.4) is 0 Å². The van der Waals surface area contributed by atoms with Crippen molar-refractivity contribution in [2.45, 2.75) is 24.7 Å². The van der Waals surface area contributed by atoms with E-state index in [1.165, 1.54) is 30.7 Å². The highest BCUT2D eigenvalue weighted by atomic mass is 19.4. The lowest BCUT2D eigenvalue weighted by molar-refractivity contribution is -0.137. The van der Waals surface area contributed by atoms with Crippen LogP contribution in [0.5, 0.6) is 0 Å². The molecule has 1 aliphatic heterocycles. The first-order valence-electron chi connectivity index (χ1n) is 11.4. The molecule has 1 aliphatic rings. The predicted molar refractivity (Wildman–Crippen MR) is 128 cm³/mol. The normalized spacial score (nSPS) is 17.1. The Balaban J connectivity index is 1.39. The maximum atomic E-state index is 13.3. The first-order chi connectivity index (χ1) is 18.1. The van der Waals surface area contributed by atoms with Gasteiger partial charge in [0.1, 0.15) is 11.4 Å². The molecule has 14 heteroatoms. The lowest BCUT2D eigenvalue weighted by Gasteiger charge is -2.27. The highest BCUT2D eigenvalue weighted by molar-refractivity contribution is 5.99. The summed E-state index contributed by atoms with van der Waals surface area (Å²) in [5.41, 5.74) is -1.97. The van der Waals surface area contributed by atoms with E-state index in [1.54, 1.807) is 7.05 Å². The first-order valence-corrected chi connectivity index (χ1v) is 11.4. The van der Waals surface area contributed by atoms with Crippen LogP contribution in [0.1, 0.15) is 28.0 Å². The van der Waals surface area contributed by atoms with E-state index in [-0.39, 0.29) is 43.1 Å². The maximum Gasteiger partial charge on any atom is 0.418 e. The number of benzene rings is 1. The molecule has 0 saturated carbocycles. The number of nitrogens with one attached hydrogen (secondary N) is 4. The Morgan fingerprint density at radius 3 is 2.45 bits per heavy atom. The average Bonchev–Trinajstić information content (AvgIpc) is 3.38. The minimum atomic E-state index is -4.75. The summed E-state index contributed by atoms with van der Waals surface area (Å²) in [6.07, 6.45) is -0.552. The molecule has 200 valence electrons. The SMILES string of the molecule is CNc1ncc(C(=O)N[C@@]2(C(=O)NCc3ccc(Nc4ccc(F)cc4C(F)(F)F)cn3)CCOC2)cn1. The number of hydrogen-bond acceptors (Lipinski definition) is 8. The van der Waals surface area contributed by atoms with E-state index in [0.717, 1.165) is 12.1 Å². The Morgan fingerprint density at radius 1 is 1.08 bits per heavy atom. The van der Waals surface area contributed by atoms with Crippen LogP contribution >= 0.6 is 0 Å². The van der Waals surface area contributed by atoms with Gasteiger partial charge < -0.3 is 26.0 Å². The van der Waals surface area contributed by atoms with Crippen LogP contribution in [0.15, 0.2) is 48.9 Å². The Kier molecular flexibility index (Phi) is 7.71. The largest absolute Gasteiger partial charge is 0.418 e. The van der Waals surface area contributed by atoms with Crippen molar-refractivity contribution in [2.75, 3.05) is 30.9 Å². The number of rotatable bonds is 8. The van der Waals surface area contributed by atoms with Crippen LogP contribution in [0.2, 0.25) is 0 Å². The number of hydrogen-bond donors (Lipinski definition) is 4. The average molecular weight is 533 g/mol. The molecule has 1 atom stereocenters. The summed E-state index contributed by atoms with van der Waals surface area (Å²) in [6.45, 7) is 0.224. The molecule has 0 aliphatic carbocycles. The van der Waals surface area contributed by atoms with Gasteiger partial charge in [0.15, 0.2) is 0 Å². The van der Waals surface area contributed by atoms with Crippen LogP contribution < -0.4 is 21.3 Å². The molecule has 38 heavy (non-hydrogen) atoms. The predicted octanol–water partition coefficient (Wildman–Crippen LogP) is 3.02. The van der Waals surface area contributed by atoms with E-state index in [9.17, 15) is 27.2 Å². The lowest BCUT2D eigenvalue weighted by atomic mass is 9.96. The van der Waals surface area contributed by atoms with Crippen LogP contribution in [0.4, 0.5) is 34.9 Å². The van der Waals surface area contributed by atoms with E-state index in [2.05, 4.69) is 36.2 Å². The second kappa shape index (κ2) is 11.0. The van der Waals surface area contributed by atoms with E-state index < -0.39 is 34.9 Å². The highest BCUT2D eigenvalue weighted by Gasteiger charge is 2.44. The zero-order valence-corrected chi connectivity index (χ0v) is 20.0. The van der Waals surface area contributed by atoms with Crippen LogP contribution in [-0.2, 0) is 22.3 Å². The standard InChI is InChI=1S/C24H23F4N7O3/c1-29-22-32-9-14(10-33-22)20(36)35-23(6-7-38-13-23)21(37)31-11-16-3-4-17(12-30-16)34-19-5-2-15(25)8-18(19)24(26,27)28/h2-5,8-10,12,34H,6-7,11,13H2,1H3,(H,31,37)(H,35,36)(H,29,32,33)/t23-/m0/s1. The van der Waals surface area contributed by atoms with Gasteiger partial charge >= 0.3 is 6.18 Å². The molecule has 0 radical (unpaired) electrons. The molecule has 1 saturated heterocycles. The number of anilines is 3. The third-order valence-electron chi connectivity index (χ3n) is 5.77. The molecule has 10 nitrogen and oxygen atoms in total. The smallest absolute Gasteiger partial charge is 0.378 e. The summed E-state index contributed by atoms with van der Waals surface area (Å²) < 4.78 is 58.4. The van der Waals surface area contributed by atoms with Gasteiger partial charge in [-0.05, 0) is 30.3 Å². The second-order valence-electron chi connectivity index (χ2n) is 8.42. The number of pyridine rings is 1. The van der Waals surface area contributed by atoms with E-state index >= 15 is 0 Å². The van der Waals surface area contributed by atoms with Gasteiger partial charge in [0, 0.05) is 32.5 Å². The van der Waals surface area contributed by atoms with Crippen LogP contribution in [0, 0.1) is 5.82 Å². The fourth-order valence-electron chi connectivity index (χ4n) is 3.72. The summed E-state index contributed by atoms with van der Waals surface area (Å²) in [5.74, 6) is -1.69. The Labute approximate surface area is 214 Å². The summed E-state index contributed by atoms with van der Waals surface area (Å²) in [7, 11) is 1.64. The van der Waals surface area contributed by atoms with Gasteiger partial charge in [-0.15, -0.1) is 0 Å². The number of amides is 2. The lowest BCUT2D eigenvalue weighted by Crippen LogP contribution is -2.59. The third kappa shape index (κ3) is 6.14. The van der Waals surface area contributed by atoms with Crippen molar-refractivity contribution in [1.82, 2.24) is 25.6 Å². The summed E-state index contributed by atoms with van der Waals surface area (Å²) in [6, 6.07) is 5.30. The topological polar surface area (TPSA) is 130 Å². The van der Waals surface area contributed by atoms with Crippen molar-refractivity contribution < 1.29 is 31.9 Å². The molecule has 4 rings (SSSR count). The number of nitrogens with zero attached hydrogens (tertiary/aromatic N) is 3. The molecule has 1 aromatic carbocycles. The van der Waals surface area contributed by atoms with Crippen molar-refractivity contribution in [2.24, 2.45) is 0 Å². The molecular formula is C24H23F4N7O3. The van der Waals surface area contributed by atoms with Gasteiger partial charge in [0.05, 0.1) is 47.5 Å². The maximum absolute atomic E-state index is 13.3. The molecule has 0 bridgehead atoms. The molecule has 2 aromatic heterocycles. The van der Waals surface area contributed by atoms with Gasteiger partial charge in [0.25, 0.3) is 5.91 Å². The van der Waals surface area contributed by atoms with Crippen molar-refractivity contribution in [1.29, 1.82) is 0 Å². The summed E-state index contributed by atoms with van der Waals surface area (Å²) >= 11 is 0. The van der Waals surface area contributed by atoms with Crippen LogP contribution in [-0.4, -0.2) is 52.6 Å². The molecule has 3 aromatic rings. The number of carbonyl (C=O) groups is 2. The first kappa shape index (κ1) is 26.7. The van der Waals surface area contributed by atoms with Gasteiger partial charge in [-0.3, -0.25) is 14.6 Å². The zero-order valence-electron chi connectivity index (χ0n) is 20.0. The van der Waals surface area contributed by atoms with E-state index in [4.69, 9.17) is 4.74 Å². The quantitative estimate of drug-likeness (QED) is 0.325. The van der Waals surface area contributed by atoms with E-state index in [1.807, 2.05) is 0 Å². The summed E-state index contributed by atoms with van der Waals surface area (Å²) in [4.78, 5) is 37.9. The van der Waals surface area contributed by atoms with Gasteiger partial charge in [-0.25, -0.2) is 14.4 Å². The molecule has 0 spiro atoms. The Bertz CT molecular complexity index is 1300. The van der Waals surface area contributed by atoms with Crippen molar-refractivity contribution in [3.05, 3.63) is 71.6 Å². The van der Waals surface area contributed by atoms with Gasteiger partial charge in [-0.2, -0.15) is 13.2 Å². The van der Waals surface area contributed by atoms with Crippen molar-refractivity contribution in [3.63, 3.8) is 0 Å². The minimum Gasteiger partial charge on any atom is -0.378 e. The fraction of sp³-hybridized carbons (Fsp3) is 0.292. The Hall–Kier alpha value is -4.33. The van der Waals surface area contributed by atoms with Gasteiger partial charge in [0.2, 0.25) is 11.9 Å². The number of alkyl halides is 3.